The Bertz CT molecular complexity index is 433. The lowest BCUT2D eigenvalue weighted by atomic mass is 9.99. The SMILES string of the molecule is CCC1OCCC1CNCc1ccc2c(c1)NCC2. The minimum Gasteiger partial charge on any atom is -0.384 e. The summed E-state index contributed by atoms with van der Waals surface area (Å²) in [6, 6.07) is 6.80. The fraction of sp³-hybridized carbons (Fsp3) is 0.625. The van der Waals surface area contributed by atoms with E-state index in [0.717, 1.165) is 32.7 Å². The van der Waals surface area contributed by atoms with E-state index in [9.17, 15) is 0 Å². The van der Waals surface area contributed by atoms with E-state index in [1.54, 1.807) is 0 Å². The summed E-state index contributed by atoms with van der Waals surface area (Å²) < 4.78 is 5.73. The van der Waals surface area contributed by atoms with Crippen LogP contribution in [0.15, 0.2) is 18.2 Å². The maximum atomic E-state index is 5.73. The number of hydrogen-bond donors (Lipinski definition) is 2. The van der Waals surface area contributed by atoms with Crippen molar-refractivity contribution < 1.29 is 4.74 Å². The number of rotatable bonds is 5. The van der Waals surface area contributed by atoms with Crippen molar-refractivity contribution >= 4 is 5.69 Å². The Morgan fingerprint density at radius 3 is 3.26 bits per heavy atom. The maximum Gasteiger partial charge on any atom is 0.0613 e. The van der Waals surface area contributed by atoms with Gasteiger partial charge in [-0.1, -0.05) is 19.1 Å². The molecule has 104 valence electrons. The zero-order valence-electron chi connectivity index (χ0n) is 11.7. The molecular weight excluding hydrogens is 236 g/mol. The Balaban J connectivity index is 1.50. The van der Waals surface area contributed by atoms with Gasteiger partial charge in [0.15, 0.2) is 0 Å². The number of nitrogens with one attached hydrogen (secondary N) is 2. The fourth-order valence-corrected chi connectivity index (χ4v) is 3.23. The van der Waals surface area contributed by atoms with Crippen LogP contribution in [0, 0.1) is 5.92 Å². The predicted molar refractivity (Wildman–Crippen MR) is 78.5 cm³/mol. The maximum absolute atomic E-state index is 5.73. The molecule has 0 amide bonds. The van der Waals surface area contributed by atoms with E-state index in [0.29, 0.717) is 12.0 Å². The zero-order valence-corrected chi connectivity index (χ0v) is 11.7. The van der Waals surface area contributed by atoms with E-state index in [1.165, 1.54) is 29.7 Å². The van der Waals surface area contributed by atoms with Crippen LogP contribution in [0.1, 0.15) is 30.9 Å². The van der Waals surface area contributed by atoms with Gasteiger partial charge in [0, 0.05) is 31.9 Å². The minimum atomic E-state index is 0.467. The van der Waals surface area contributed by atoms with Crippen LogP contribution in [0.4, 0.5) is 5.69 Å². The van der Waals surface area contributed by atoms with Crippen molar-refractivity contribution in [2.45, 2.75) is 38.8 Å². The van der Waals surface area contributed by atoms with Gasteiger partial charge in [-0.05, 0) is 42.4 Å². The third-order valence-corrected chi connectivity index (χ3v) is 4.37. The van der Waals surface area contributed by atoms with Gasteiger partial charge in [-0.3, -0.25) is 0 Å². The highest BCUT2D eigenvalue weighted by Gasteiger charge is 2.25. The second-order valence-corrected chi connectivity index (χ2v) is 5.67. The largest absolute Gasteiger partial charge is 0.384 e. The van der Waals surface area contributed by atoms with Gasteiger partial charge in [0.2, 0.25) is 0 Å². The van der Waals surface area contributed by atoms with E-state index in [2.05, 4.69) is 35.8 Å². The van der Waals surface area contributed by atoms with Gasteiger partial charge in [-0.15, -0.1) is 0 Å². The molecule has 2 N–H and O–H groups in total. The summed E-state index contributed by atoms with van der Waals surface area (Å²) in [7, 11) is 0. The quantitative estimate of drug-likeness (QED) is 0.853. The molecule has 1 fully saturated rings. The van der Waals surface area contributed by atoms with Crippen LogP contribution < -0.4 is 10.6 Å². The van der Waals surface area contributed by atoms with Crippen LogP contribution in [-0.4, -0.2) is 25.8 Å². The molecule has 0 aliphatic carbocycles. The lowest BCUT2D eigenvalue weighted by molar-refractivity contribution is 0.0872. The van der Waals surface area contributed by atoms with E-state index in [-0.39, 0.29) is 0 Å². The van der Waals surface area contributed by atoms with Crippen molar-refractivity contribution in [3.05, 3.63) is 29.3 Å². The van der Waals surface area contributed by atoms with Crippen LogP contribution in [0.3, 0.4) is 0 Å². The molecule has 3 nitrogen and oxygen atoms in total. The van der Waals surface area contributed by atoms with Gasteiger partial charge >= 0.3 is 0 Å². The number of hydrogen-bond acceptors (Lipinski definition) is 3. The third kappa shape index (κ3) is 2.93. The first kappa shape index (κ1) is 12.9. The first-order valence-corrected chi connectivity index (χ1v) is 7.55. The van der Waals surface area contributed by atoms with Crippen LogP contribution in [0.5, 0.6) is 0 Å². The Labute approximate surface area is 115 Å². The molecule has 2 heterocycles. The number of fused-ring (bicyclic) bond motifs is 1. The Kier molecular flexibility index (Phi) is 4.04. The number of anilines is 1. The average molecular weight is 260 g/mol. The molecule has 2 unspecified atom stereocenters. The molecule has 3 heteroatoms. The molecule has 0 saturated carbocycles. The summed E-state index contributed by atoms with van der Waals surface area (Å²) in [5, 5.41) is 7.03. The lowest BCUT2D eigenvalue weighted by Gasteiger charge is -2.17. The topological polar surface area (TPSA) is 33.3 Å². The molecule has 0 bridgehead atoms. The highest BCUT2D eigenvalue weighted by atomic mass is 16.5. The Morgan fingerprint density at radius 1 is 1.42 bits per heavy atom. The van der Waals surface area contributed by atoms with Gasteiger partial charge in [0.25, 0.3) is 0 Å². The summed E-state index contributed by atoms with van der Waals surface area (Å²) in [5.41, 5.74) is 4.16. The molecule has 0 aromatic heterocycles. The molecule has 2 aliphatic heterocycles. The van der Waals surface area contributed by atoms with Crippen molar-refractivity contribution in [1.82, 2.24) is 5.32 Å². The first-order chi connectivity index (χ1) is 9.36. The summed E-state index contributed by atoms with van der Waals surface area (Å²) in [4.78, 5) is 0. The van der Waals surface area contributed by atoms with Crippen molar-refractivity contribution in [3.63, 3.8) is 0 Å². The molecule has 1 aromatic rings. The highest BCUT2D eigenvalue weighted by Crippen LogP contribution is 2.24. The van der Waals surface area contributed by atoms with Crippen molar-refractivity contribution in [2.75, 3.05) is 25.0 Å². The van der Waals surface area contributed by atoms with Crippen molar-refractivity contribution in [2.24, 2.45) is 5.92 Å². The van der Waals surface area contributed by atoms with Crippen LogP contribution >= 0.6 is 0 Å². The summed E-state index contributed by atoms with van der Waals surface area (Å²) in [6.45, 7) is 6.28. The van der Waals surface area contributed by atoms with E-state index >= 15 is 0 Å². The number of ether oxygens (including phenoxy) is 1. The van der Waals surface area contributed by atoms with Gasteiger partial charge in [0.1, 0.15) is 0 Å². The summed E-state index contributed by atoms with van der Waals surface area (Å²) in [6.07, 6.45) is 3.97. The zero-order chi connectivity index (χ0) is 13.1. The van der Waals surface area contributed by atoms with Crippen molar-refractivity contribution in [1.29, 1.82) is 0 Å². The van der Waals surface area contributed by atoms with Crippen LogP contribution in [-0.2, 0) is 17.7 Å². The Morgan fingerprint density at radius 2 is 2.37 bits per heavy atom. The minimum absolute atomic E-state index is 0.467. The molecule has 3 rings (SSSR count). The standard InChI is InChI=1S/C16H24N2O/c1-2-16-14(6-8-19-16)11-17-10-12-3-4-13-5-7-18-15(13)9-12/h3-4,9,14,16-18H,2,5-8,10-11H2,1H3. The molecule has 1 aromatic carbocycles. The molecule has 0 spiro atoms. The summed E-state index contributed by atoms with van der Waals surface area (Å²) in [5.74, 6) is 0.692. The predicted octanol–water partition coefficient (Wildman–Crippen LogP) is 2.56. The Hall–Kier alpha value is -1.06. The van der Waals surface area contributed by atoms with Gasteiger partial charge in [-0.2, -0.15) is 0 Å². The van der Waals surface area contributed by atoms with Crippen LogP contribution in [0.25, 0.3) is 0 Å². The third-order valence-electron chi connectivity index (χ3n) is 4.37. The van der Waals surface area contributed by atoms with Crippen molar-refractivity contribution in [3.8, 4) is 0 Å². The fourth-order valence-electron chi connectivity index (χ4n) is 3.23. The van der Waals surface area contributed by atoms with Gasteiger partial charge in [-0.25, -0.2) is 0 Å². The number of benzene rings is 1. The molecule has 19 heavy (non-hydrogen) atoms. The molecule has 1 saturated heterocycles. The summed E-state index contributed by atoms with van der Waals surface area (Å²) >= 11 is 0. The monoisotopic (exact) mass is 260 g/mol. The average Bonchev–Trinajstić information content (AvgIpc) is 3.06. The van der Waals surface area contributed by atoms with Gasteiger partial charge in [0.05, 0.1) is 6.10 Å². The normalized spacial score (nSPS) is 25.3. The lowest BCUT2D eigenvalue weighted by Crippen LogP contribution is -2.27. The second-order valence-electron chi connectivity index (χ2n) is 5.67. The van der Waals surface area contributed by atoms with Gasteiger partial charge < -0.3 is 15.4 Å². The first-order valence-electron chi connectivity index (χ1n) is 7.55. The highest BCUT2D eigenvalue weighted by molar-refractivity contribution is 5.56. The smallest absolute Gasteiger partial charge is 0.0613 e. The van der Waals surface area contributed by atoms with Crippen LogP contribution in [0.2, 0.25) is 0 Å². The molecular formula is C16H24N2O. The molecule has 2 aliphatic rings. The molecule has 2 atom stereocenters. The molecule has 0 radical (unpaired) electrons. The second kappa shape index (κ2) is 5.93. The van der Waals surface area contributed by atoms with E-state index < -0.39 is 0 Å². The van der Waals surface area contributed by atoms with E-state index in [4.69, 9.17) is 4.74 Å². The van der Waals surface area contributed by atoms with E-state index in [1.807, 2.05) is 0 Å².